The second-order valence-electron chi connectivity index (χ2n) is 6.22. The fraction of sp³-hybridized carbons (Fsp3) is 0.222. The number of aromatic amines is 1. The molecule has 0 radical (unpaired) electrons. The standard InChI is InChI=1S/C18H13F4N3OS/c19-11-6-12(20)16(22)10(15(11)21)7-25-4-3-9-13(8-25)23-17(24-18(9)26)14-2-1-5-27-14/h1-2,5-6H,3-4,7-8H2,(H,23,24,26). The van der Waals surface area contributed by atoms with Gasteiger partial charge in [0.25, 0.3) is 5.56 Å². The van der Waals surface area contributed by atoms with Gasteiger partial charge in [0.15, 0.2) is 29.1 Å². The molecule has 0 amide bonds. The summed E-state index contributed by atoms with van der Waals surface area (Å²) in [6, 6.07) is 3.83. The monoisotopic (exact) mass is 395 g/mol. The van der Waals surface area contributed by atoms with Crippen molar-refractivity contribution in [1.29, 1.82) is 0 Å². The van der Waals surface area contributed by atoms with Crippen molar-refractivity contribution in [2.75, 3.05) is 6.54 Å². The fourth-order valence-electron chi connectivity index (χ4n) is 3.14. The Morgan fingerprint density at radius 3 is 2.59 bits per heavy atom. The molecule has 3 heterocycles. The lowest BCUT2D eigenvalue weighted by molar-refractivity contribution is 0.231. The molecule has 3 aromatic rings. The second kappa shape index (κ2) is 6.90. The van der Waals surface area contributed by atoms with Gasteiger partial charge in [0.05, 0.1) is 10.6 Å². The molecule has 27 heavy (non-hydrogen) atoms. The molecule has 0 saturated heterocycles. The van der Waals surface area contributed by atoms with E-state index in [4.69, 9.17) is 0 Å². The van der Waals surface area contributed by atoms with Gasteiger partial charge >= 0.3 is 0 Å². The number of halogens is 4. The van der Waals surface area contributed by atoms with E-state index in [1.165, 1.54) is 11.3 Å². The molecule has 0 spiro atoms. The van der Waals surface area contributed by atoms with E-state index in [1.807, 2.05) is 17.5 Å². The van der Waals surface area contributed by atoms with E-state index < -0.39 is 28.8 Å². The van der Waals surface area contributed by atoms with Crippen LogP contribution in [0.4, 0.5) is 17.6 Å². The number of benzene rings is 1. The van der Waals surface area contributed by atoms with Crippen molar-refractivity contribution in [1.82, 2.24) is 14.9 Å². The van der Waals surface area contributed by atoms with Crippen molar-refractivity contribution in [3.8, 4) is 10.7 Å². The molecule has 1 N–H and O–H groups in total. The lowest BCUT2D eigenvalue weighted by atomic mass is 10.0. The van der Waals surface area contributed by atoms with E-state index in [0.29, 0.717) is 30.0 Å². The second-order valence-corrected chi connectivity index (χ2v) is 7.17. The van der Waals surface area contributed by atoms with Crippen LogP contribution in [0.1, 0.15) is 16.8 Å². The van der Waals surface area contributed by atoms with E-state index in [9.17, 15) is 22.4 Å². The van der Waals surface area contributed by atoms with Crippen molar-refractivity contribution in [3.63, 3.8) is 0 Å². The van der Waals surface area contributed by atoms with Crippen LogP contribution in [0.3, 0.4) is 0 Å². The Morgan fingerprint density at radius 2 is 1.93 bits per heavy atom. The van der Waals surface area contributed by atoms with Crippen LogP contribution in [0, 0.1) is 23.3 Å². The molecule has 1 aromatic carbocycles. The first-order valence-corrected chi connectivity index (χ1v) is 9.02. The fourth-order valence-corrected chi connectivity index (χ4v) is 3.81. The van der Waals surface area contributed by atoms with Crippen molar-refractivity contribution < 1.29 is 17.6 Å². The Balaban J connectivity index is 1.65. The van der Waals surface area contributed by atoms with E-state index in [1.54, 1.807) is 4.90 Å². The minimum atomic E-state index is -1.43. The van der Waals surface area contributed by atoms with Crippen LogP contribution in [0.25, 0.3) is 10.7 Å². The number of nitrogens with one attached hydrogen (secondary N) is 1. The summed E-state index contributed by atoms with van der Waals surface area (Å²) in [5.41, 5.74) is 0.0838. The van der Waals surface area contributed by atoms with Crippen LogP contribution < -0.4 is 5.56 Å². The average Bonchev–Trinajstić information content (AvgIpc) is 3.18. The summed E-state index contributed by atoms with van der Waals surface area (Å²) < 4.78 is 54.7. The molecule has 0 atom stereocenters. The number of fused-ring (bicyclic) bond motifs is 1. The maximum absolute atomic E-state index is 13.9. The van der Waals surface area contributed by atoms with Crippen LogP contribution in [0.2, 0.25) is 0 Å². The highest BCUT2D eigenvalue weighted by atomic mass is 32.1. The summed E-state index contributed by atoms with van der Waals surface area (Å²) in [6.45, 7) is 0.135. The van der Waals surface area contributed by atoms with Gasteiger partial charge in [0, 0.05) is 36.8 Å². The summed E-state index contributed by atoms with van der Waals surface area (Å²) in [5, 5.41) is 1.85. The Morgan fingerprint density at radius 1 is 1.19 bits per heavy atom. The van der Waals surface area contributed by atoms with Crippen molar-refractivity contribution in [2.24, 2.45) is 0 Å². The van der Waals surface area contributed by atoms with E-state index in [2.05, 4.69) is 9.97 Å². The molecule has 0 saturated carbocycles. The van der Waals surface area contributed by atoms with Gasteiger partial charge in [0.1, 0.15) is 0 Å². The first-order chi connectivity index (χ1) is 12.9. The highest BCUT2D eigenvalue weighted by Crippen LogP contribution is 2.25. The third-order valence-corrected chi connectivity index (χ3v) is 5.37. The number of nitrogens with zero attached hydrogens (tertiary/aromatic N) is 2. The first kappa shape index (κ1) is 17.9. The number of hydrogen-bond acceptors (Lipinski definition) is 4. The molecule has 1 aliphatic rings. The first-order valence-electron chi connectivity index (χ1n) is 8.14. The van der Waals surface area contributed by atoms with Gasteiger partial charge in [-0.15, -0.1) is 11.3 Å². The number of aromatic nitrogens is 2. The SMILES string of the molecule is O=c1[nH]c(-c2cccs2)nc2c1CCN(Cc1c(F)c(F)cc(F)c1F)C2. The summed E-state index contributed by atoms with van der Waals surface area (Å²) in [5.74, 6) is -5.26. The molecule has 0 fully saturated rings. The third kappa shape index (κ3) is 3.28. The number of rotatable bonds is 3. The number of hydrogen-bond donors (Lipinski definition) is 1. The van der Waals surface area contributed by atoms with Gasteiger partial charge in [-0.3, -0.25) is 9.69 Å². The van der Waals surface area contributed by atoms with Gasteiger partial charge in [-0.2, -0.15) is 0 Å². The Bertz CT molecular complexity index is 1040. The molecule has 4 rings (SSSR count). The molecule has 140 valence electrons. The lowest BCUT2D eigenvalue weighted by Crippen LogP contribution is -2.35. The van der Waals surface area contributed by atoms with Crippen LogP contribution in [-0.4, -0.2) is 21.4 Å². The Labute approximate surface area is 155 Å². The van der Waals surface area contributed by atoms with Crippen molar-refractivity contribution in [2.45, 2.75) is 19.5 Å². The lowest BCUT2D eigenvalue weighted by Gasteiger charge is -2.28. The average molecular weight is 395 g/mol. The molecule has 0 aliphatic carbocycles. The summed E-state index contributed by atoms with van der Waals surface area (Å²) in [7, 11) is 0. The van der Waals surface area contributed by atoms with Crippen LogP contribution in [-0.2, 0) is 19.5 Å². The molecule has 0 unspecified atom stereocenters. The summed E-state index contributed by atoms with van der Waals surface area (Å²) >= 11 is 1.42. The number of thiophene rings is 1. The molecule has 9 heteroatoms. The topological polar surface area (TPSA) is 49.0 Å². The van der Waals surface area contributed by atoms with E-state index in [0.717, 1.165) is 4.88 Å². The Kier molecular flexibility index (Phi) is 4.56. The minimum Gasteiger partial charge on any atom is -0.306 e. The normalized spacial score (nSPS) is 14.4. The van der Waals surface area contributed by atoms with Gasteiger partial charge in [0.2, 0.25) is 0 Å². The molecule has 0 bridgehead atoms. The van der Waals surface area contributed by atoms with Gasteiger partial charge in [-0.05, 0) is 17.9 Å². The van der Waals surface area contributed by atoms with Gasteiger partial charge in [-0.25, -0.2) is 22.5 Å². The molecular formula is C18H13F4N3OS. The minimum absolute atomic E-state index is 0.147. The van der Waals surface area contributed by atoms with Crippen molar-refractivity contribution in [3.05, 3.63) is 74.0 Å². The zero-order chi connectivity index (χ0) is 19.1. The van der Waals surface area contributed by atoms with E-state index >= 15 is 0 Å². The molecule has 1 aliphatic heterocycles. The quantitative estimate of drug-likeness (QED) is 0.545. The smallest absolute Gasteiger partial charge is 0.254 e. The number of H-pyrrole nitrogens is 1. The summed E-state index contributed by atoms with van der Waals surface area (Å²) in [4.78, 5) is 21.9. The zero-order valence-corrected chi connectivity index (χ0v) is 14.7. The van der Waals surface area contributed by atoms with Gasteiger partial charge in [-0.1, -0.05) is 6.07 Å². The predicted octanol–water partition coefficient (Wildman–Crippen LogP) is 3.61. The largest absolute Gasteiger partial charge is 0.306 e. The van der Waals surface area contributed by atoms with E-state index in [-0.39, 0.29) is 24.7 Å². The molecular weight excluding hydrogens is 382 g/mol. The molecule has 2 aromatic heterocycles. The van der Waals surface area contributed by atoms with Crippen LogP contribution in [0.5, 0.6) is 0 Å². The Hall–Kier alpha value is -2.52. The third-order valence-electron chi connectivity index (χ3n) is 4.49. The van der Waals surface area contributed by atoms with Crippen molar-refractivity contribution >= 4 is 11.3 Å². The van der Waals surface area contributed by atoms with Gasteiger partial charge < -0.3 is 4.98 Å². The summed E-state index contributed by atoms with van der Waals surface area (Å²) in [6.07, 6.45) is 0.323. The maximum Gasteiger partial charge on any atom is 0.254 e. The maximum atomic E-state index is 13.9. The predicted molar refractivity (Wildman–Crippen MR) is 92.3 cm³/mol. The molecule has 4 nitrogen and oxygen atoms in total. The van der Waals surface area contributed by atoms with Crippen LogP contribution >= 0.6 is 11.3 Å². The highest BCUT2D eigenvalue weighted by molar-refractivity contribution is 7.13. The van der Waals surface area contributed by atoms with Crippen LogP contribution in [0.15, 0.2) is 28.4 Å². The highest BCUT2D eigenvalue weighted by Gasteiger charge is 2.25. The zero-order valence-electron chi connectivity index (χ0n) is 13.9.